The largest absolute Gasteiger partial charge is 0.390 e. The summed E-state index contributed by atoms with van der Waals surface area (Å²) in [4.78, 5) is 0. The van der Waals surface area contributed by atoms with Crippen molar-refractivity contribution >= 4 is 0 Å². The van der Waals surface area contributed by atoms with Crippen molar-refractivity contribution in [2.24, 2.45) is 5.92 Å². The number of aliphatic hydroxyl groups excluding tert-OH is 2. The third-order valence-electron chi connectivity index (χ3n) is 3.09. The van der Waals surface area contributed by atoms with E-state index in [2.05, 4.69) is 26.0 Å². The van der Waals surface area contributed by atoms with Gasteiger partial charge in [0, 0.05) is 6.42 Å². The fourth-order valence-corrected chi connectivity index (χ4v) is 1.74. The maximum atomic E-state index is 9.85. The van der Waals surface area contributed by atoms with Crippen molar-refractivity contribution in [1.82, 2.24) is 0 Å². The Kier molecular flexibility index (Phi) is 4.51. The third kappa shape index (κ3) is 3.32. The molecule has 2 N–H and O–H groups in total. The molecular formula is C14H22O2. The van der Waals surface area contributed by atoms with Gasteiger partial charge in [0.15, 0.2) is 0 Å². The molecule has 0 radical (unpaired) electrons. The standard InChI is InChI=1S/C14H22O2/c1-9(2)14(16)13(15)8-12-6-5-10(3)11(4)7-12/h5-7,9,13-16H,8H2,1-4H3. The van der Waals surface area contributed by atoms with Gasteiger partial charge in [-0.3, -0.25) is 0 Å². The summed E-state index contributed by atoms with van der Waals surface area (Å²) in [5, 5.41) is 19.6. The van der Waals surface area contributed by atoms with E-state index in [9.17, 15) is 10.2 Å². The quantitative estimate of drug-likeness (QED) is 0.820. The van der Waals surface area contributed by atoms with Crippen molar-refractivity contribution < 1.29 is 10.2 Å². The lowest BCUT2D eigenvalue weighted by Crippen LogP contribution is -2.32. The van der Waals surface area contributed by atoms with Gasteiger partial charge in [0.05, 0.1) is 12.2 Å². The lowest BCUT2D eigenvalue weighted by Gasteiger charge is -2.21. The fourth-order valence-electron chi connectivity index (χ4n) is 1.74. The fraction of sp³-hybridized carbons (Fsp3) is 0.571. The number of rotatable bonds is 4. The molecule has 1 aromatic rings. The summed E-state index contributed by atoms with van der Waals surface area (Å²) >= 11 is 0. The van der Waals surface area contributed by atoms with Crippen molar-refractivity contribution in [2.45, 2.75) is 46.3 Å². The minimum absolute atomic E-state index is 0.0848. The second-order valence-electron chi connectivity index (χ2n) is 4.92. The van der Waals surface area contributed by atoms with E-state index in [0.717, 1.165) is 5.56 Å². The molecule has 0 aliphatic carbocycles. The molecule has 0 heterocycles. The molecule has 0 aromatic heterocycles. The summed E-state index contributed by atoms with van der Waals surface area (Å²) in [5.74, 6) is 0.0848. The van der Waals surface area contributed by atoms with Gasteiger partial charge < -0.3 is 10.2 Å². The lowest BCUT2D eigenvalue weighted by atomic mass is 9.95. The van der Waals surface area contributed by atoms with Crippen LogP contribution < -0.4 is 0 Å². The summed E-state index contributed by atoms with van der Waals surface area (Å²) in [7, 11) is 0. The summed E-state index contributed by atoms with van der Waals surface area (Å²) in [6.07, 6.45) is -0.816. The van der Waals surface area contributed by atoms with Crippen LogP contribution in [0.3, 0.4) is 0 Å². The van der Waals surface area contributed by atoms with Crippen LogP contribution in [0.2, 0.25) is 0 Å². The minimum atomic E-state index is -0.679. The molecule has 0 aliphatic rings. The van der Waals surface area contributed by atoms with E-state index >= 15 is 0 Å². The Morgan fingerprint density at radius 3 is 2.19 bits per heavy atom. The van der Waals surface area contributed by atoms with Crippen molar-refractivity contribution in [3.63, 3.8) is 0 Å². The van der Waals surface area contributed by atoms with Gasteiger partial charge in [-0.2, -0.15) is 0 Å². The molecule has 0 saturated carbocycles. The first-order chi connectivity index (χ1) is 7.41. The van der Waals surface area contributed by atoms with E-state index < -0.39 is 12.2 Å². The van der Waals surface area contributed by atoms with Crippen LogP contribution >= 0.6 is 0 Å². The van der Waals surface area contributed by atoms with Crippen molar-refractivity contribution in [3.05, 3.63) is 34.9 Å². The minimum Gasteiger partial charge on any atom is -0.390 e. The molecule has 0 amide bonds. The predicted molar refractivity (Wildman–Crippen MR) is 66.5 cm³/mol. The first-order valence-electron chi connectivity index (χ1n) is 5.84. The molecule has 2 heteroatoms. The molecule has 0 aliphatic heterocycles. The van der Waals surface area contributed by atoms with E-state index in [1.165, 1.54) is 11.1 Å². The Balaban J connectivity index is 2.69. The van der Waals surface area contributed by atoms with Crippen molar-refractivity contribution in [2.75, 3.05) is 0 Å². The van der Waals surface area contributed by atoms with Gasteiger partial charge in [0.2, 0.25) is 0 Å². The van der Waals surface area contributed by atoms with Gasteiger partial charge in [-0.1, -0.05) is 32.0 Å². The summed E-state index contributed by atoms with van der Waals surface area (Å²) < 4.78 is 0. The van der Waals surface area contributed by atoms with E-state index in [0.29, 0.717) is 6.42 Å². The normalized spacial score (nSPS) is 15.2. The van der Waals surface area contributed by atoms with Gasteiger partial charge in [0.1, 0.15) is 0 Å². The van der Waals surface area contributed by atoms with Crippen LogP contribution in [0.5, 0.6) is 0 Å². The van der Waals surface area contributed by atoms with E-state index in [-0.39, 0.29) is 5.92 Å². The Morgan fingerprint density at radius 2 is 1.69 bits per heavy atom. The van der Waals surface area contributed by atoms with Crippen molar-refractivity contribution in [1.29, 1.82) is 0 Å². The van der Waals surface area contributed by atoms with E-state index in [1.807, 2.05) is 19.9 Å². The topological polar surface area (TPSA) is 40.5 Å². The van der Waals surface area contributed by atoms with Gasteiger partial charge in [0.25, 0.3) is 0 Å². The molecule has 2 unspecified atom stereocenters. The van der Waals surface area contributed by atoms with Gasteiger partial charge in [-0.05, 0) is 36.5 Å². The molecule has 2 nitrogen and oxygen atoms in total. The van der Waals surface area contributed by atoms with Crippen LogP contribution in [-0.4, -0.2) is 22.4 Å². The monoisotopic (exact) mass is 222 g/mol. The van der Waals surface area contributed by atoms with Crippen LogP contribution in [0.25, 0.3) is 0 Å². The van der Waals surface area contributed by atoms with Crippen LogP contribution in [0, 0.1) is 19.8 Å². The smallest absolute Gasteiger partial charge is 0.0841 e. The highest BCUT2D eigenvalue weighted by molar-refractivity contribution is 5.30. The second kappa shape index (κ2) is 5.46. The van der Waals surface area contributed by atoms with E-state index in [4.69, 9.17) is 0 Å². The highest BCUT2D eigenvalue weighted by Crippen LogP contribution is 2.15. The third-order valence-corrected chi connectivity index (χ3v) is 3.09. The van der Waals surface area contributed by atoms with Crippen LogP contribution in [-0.2, 0) is 6.42 Å². The highest BCUT2D eigenvalue weighted by atomic mass is 16.3. The predicted octanol–water partition coefficient (Wildman–Crippen LogP) is 2.22. The van der Waals surface area contributed by atoms with Crippen LogP contribution in [0.15, 0.2) is 18.2 Å². The molecule has 90 valence electrons. The zero-order chi connectivity index (χ0) is 12.3. The average molecular weight is 222 g/mol. The summed E-state index contributed by atoms with van der Waals surface area (Å²) in [5.41, 5.74) is 3.56. The molecule has 16 heavy (non-hydrogen) atoms. The number of hydrogen-bond donors (Lipinski definition) is 2. The molecule has 0 fully saturated rings. The first kappa shape index (κ1) is 13.2. The average Bonchev–Trinajstić information content (AvgIpc) is 2.22. The molecule has 0 bridgehead atoms. The van der Waals surface area contributed by atoms with Crippen molar-refractivity contribution in [3.8, 4) is 0 Å². The Bertz CT molecular complexity index is 345. The second-order valence-corrected chi connectivity index (χ2v) is 4.92. The molecule has 1 rings (SSSR count). The Morgan fingerprint density at radius 1 is 1.06 bits per heavy atom. The van der Waals surface area contributed by atoms with Gasteiger partial charge in [-0.25, -0.2) is 0 Å². The Hall–Kier alpha value is -0.860. The zero-order valence-electron chi connectivity index (χ0n) is 10.6. The van der Waals surface area contributed by atoms with Gasteiger partial charge in [-0.15, -0.1) is 0 Å². The SMILES string of the molecule is Cc1ccc(CC(O)C(O)C(C)C)cc1C. The summed E-state index contributed by atoms with van der Waals surface area (Å²) in [6.45, 7) is 7.95. The first-order valence-corrected chi connectivity index (χ1v) is 5.84. The number of aliphatic hydroxyl groups is 2. The molecule has 1 aromatic carbocycles. The van der Waals surface area contributed by atoms with Gasteiger partial charge >= 0.3 is 0 Å². The molecule has 0 spiro atoms. The number of aryl methyl sites for hydroxylation is 2. The Labute approximate surface area is 97.9 Å². The lowest BCUT2D eigenvalue weighted by molar-refractivity contribution is -0.00731. The van der Waals surface area contributed by atoms with Crippen LogP contribution in [0.4, 0.5) is 0 Å². The molecular weight excluding hydrogens is 200 g/mol. The highest BCUT2D eigenvalue weighted by Gasteiger charge is 2.19. The molecule has 0 saturated heterocycles. The maximum Gasteiger partial charge on any atom is 0.0841 e. The summed E-state index contributed by atoms with van der Waals surface area (Å²) in [6, 6.07) is 6.14. The van der Waals surface area contributed by atoms with E-state index in [1.54, 1.807) is 0 Å². The zero-order valence-corrected chi connectivity index (χ0v) is 10.6. The molecule has 2 atom stereocenters. The maximum absolute atomic E-state index is 9.85. The van der Waals surface area contributed by atoms with Crippen LogP contribution in [0.1, 0.15) is 30.5 Å². The number of hydrogen-bond acceptors (Lipinski definition) is 2. The number of benzene rings is 1.